The number of amides is 3. The molecule has 1 saturated heterocycles. The molecule has 0 bridgehead atoms. The van der Waals surface area contributed by atoms with E-state index in [2.05, 4.69) is 5.32 Å². The van der Waals surface area contributed by atoms with Gasteiger partial charge in [0.15, 0.2) is 0 Å². The van der Waals surface area contributed by atoms with Crippen molar-refractivity contribution in [3.05, 3.63) is 28.8 Å². The molecule has 146 valence electrons. The summed E-state index contributed by atoms with van der Waals surface area (Å²) in [6.07, 6.45) is 0.713. The Hall–Kier alpha value is -2.28. The van der Waals surface area contributed by atoms with Gasteiger partial charge < -0.3 is 19.9 Å². The van der Waals surface area contributed by atoms with E-state index in [1.807, 2.05) is 13.0 Å². The zero-order valence-electron chi connectivity index (χ0n) is 15.6. The van der Waals surface area contributed by atoms with E-state index >= 15 is 0 Å². The minimum Gasteiger partial charge on any atom is -0.450 e. The van der Waals surface area contributed by atoms with Crippen LogP contribution in [0.1, 0.15) is 25.3 Å². The van der Waals surface area contributed by atoms with E-state index in [4.69, 9.17) is 16.3 Å². The molecule has 8 heteroatoms. The van der Waals surface area contributed by atoms with Gasteiger partial charge in [-0.2, -0.15) is 0 Å². The van der Waals surface area contributed by atoms with Crippen LogP contribution >= 0.6 is 11.6 Å². The molecule has 0 atom stereocenters. The van der Waals surface area contributed by atoms with Crippen molar-refractivity contribution in [3.63, 3.8) is 0 Å². The number of nitrogens with one attached hydrogen (secondary N) is 1. The van der Waals surface area contributed by atoms with Crippen molar-refractivity contribution in [2.45, 2.75) is 26.7 Å². The lowest BCUT2D eigenvalue weighted by Crippen LogP contribution is -2.53. The Balaban J connectivity index is 1.62. The summed E-state index contributed by atoms with van der Waals surface area (Å²) >= 11 is 6.01. The zero-order chi connectivity index (χ0) is 19.6. The number of aryl methyl sites for hydroxylation is 1. The molecule has 1 aliphatic carbocycles. The van der Waals surface area contributed by atoms with E-state index in [0.717, 1.165) is 5.56 Å². The maximum Gasteiger partial charge on any atom is 0.409 e. The first-order valence-corrected chi connectivity index (χ1v) is 9.54. The van der Waals surface area contributed by atoms with E-state index in [-0.39, 0.29) is 17.9 Å². The average molecular weight is 394 g/mol. The molecule has 3 rings (SSSR count). The van der Waals surface area contributed by atoms with Gasteiger partial charge in [-0.25, -0.2) is 4.79 Å². The molecule has 3 amide bonds. The number of hydrogen-bond donors (Lipinski definition) is 1. The van der Waals surface area contributed by atoms with Gasteiger partial charge in [-0.3, -0.25) is 9.59 Å². The summed E-state index contributed by atoms with van der Waals surface area (Å²) in [5.41, 5.74) is 0.513. The molecule has 1 aromatic carbocycles. The number of ether oxygens (including phenoxy) is 1. The van der Waals surface area contributed by atoms with Crippen molar-refractivity contribution in [3.8, 4) is 0 Å². The van der Waals surface area contributed by atoms with Crippen molar-refractivity contribution in [2.24, 2.45) is 5.41 Å². The highest BCUT2D eigenvalue weighted by Gasteiger charge is 2.58. The molecule has 2 fully saturated rings. The smallest absolute Gasteiger partial charge is 0.409 e. The number of piperazine rings is 1. The second-order valence-electron chi connectivity index (χ2n) is 6.97. The number of rotatable bonds is 4. The lowest BCUT2D eigenvalue weighted by atomic mass is 10.0. The van der Waals surface area contributed by atoms with Crippen LogP contribution in [0.15, 0.2) is 18.2 Å². The fourth-order valence-corrected chi connectivity index (χ4v) is 3.42. The SMILES string of the molecule is CCOC(=O)N1CCN(C(=O)C2(C(=O)Nc3cc(Cl)ccc3C)CC2)CC1. The number of carbonyl (C=O) groups excluding carboxylic acids is 3. The van der Waals surface area contributed by atoms with Gasteiger partial charge >= 0.3 is 6.09 Å². The monoisotopic (exact) mass is 393 g/mol. The topological polar surface area (TPSA) is 79.0 Å². The van der Waals surface area contributed by atoms with E-state index in [1.54, 1.807) is 28.9 Å². The highest BCUT2D eigenvalue weighted by Crippen LogP contribution is 2.48. The normalized spacial score (nSPS) is 18.0. The summed E-state index contributed by atoms with van der Waals surface area (Å²) in [7, 11) is 0. The highest BCUT2D eigenvalue weighted by molar-refractivity contribution is 6.31. The first-order chi connectivity index (χ1) is 12.9. The van der Waals surface area contributed by atoms with E-state index < -0.39 is 5.41 Å². The third-order valence-corrected chi connectivity index (χ3v) is 5.37. The summed E-state index contributed by atoms with van der Waals surface area (Å²) in [5, 5.41) is 3.39. The highest BCUT2D eigenvalue weighted by atomic mass is 35.5. The van der Waals surface area contributed by atoms with Crippen LogP contribution in [0.25, 0.3) is 0 Å². The van der Waals surface area contributed by atoms with Gasteiger partial charge in [0.25, 0.3) is 0 Å². The standard InChI is InChI=1S/C19H24ClN3O4/c1-3-27-18(26)23-10-8-22(9-11-23)17(25)19(6-7-19)16(24)21-15-12-14(20)5-4-13(15)2/h4-5,12H,3,6-11H2,1-2H3,(H,21,24). The molecule has 27 heavy (non-hydrogen) atoms. The van der Waals surface area contributed by atoms with Crippen LogP contribution in [0.3, 0.4) is 0 Å². The Kier molecular flexibility index (Phi) is 5.60. The molecule has 1 N–H and O–H groups in total. The van der Waals surface area contributed by atoms with Crippen molar-refractivity contribution < 1.29 is 19.1 Å². The Morgan fingerprint density at radius 1 is 1.15 bits per heavy atom. The van der Waals surface area contributed by atoms with Gasteiger partial charge in [-0.15, -0.1) is 0 Å². The first kappa shape index (κ1) is 19.5. The summed E-state index contributed by atoms with van der Waals surface area (Å²) in [5.74, 6) is -0.450. The van der Waals surface area contributed by atoms with Crippen molar-refractivity contribution in [1.82, 2.24) is 9.80 Å². The van der Waals surface area contributed by atoms with E-state index in [0.29, 0.717) is 56.3 Å². The summed E-state index contributed by atoms with van der Waals surface area (Å²) in [6, 6.07) is 5.27. The predicted octanol–water partition coefficient (Wildman–Crippen LogP) is 2.67. The van der Waals surface area contributed by atoms with E-state index in [1.165, 1.54) is 0 Å². The fourth-order valence-electron chi connectivity index (χ4n) is 3.24. The van der Waals surface area contributed by atoms with E-state index in [9.17, 15) is 14.4 Å². The lowest BCUT2D eigenvalue weighted by Gasteiger charge is -2.35. The number of carbonyl (C=O) groups is 3. The van der Waals surface area contributed by atoms with Gasteiger partial charge in [0, 0.05) is 36.9 Å². The Labute approximate surface area is 163 Å². The van der Waals surface area contributed by atoms with Gasteiger partial charge in [-0.05, 0) is 44.4 Å². The maximum absolute atomic E-state index is 13.0. The quantitative estimate of drug-likeness (QED) is 0.797. The van der Waals surface area contributed by atoms with Gasteiger partial charge in [0.2, 0.25) is 11.8 Å². The molecule has 1 aliphatic heterocycles. The van der Waals surface area contributed by atoms with Crippen LogP contribution in [0.4, 0.5) is 10.5 Å². The molecule has 1 aromatic rings. The van der Waals surface area contributed by atoms with Crippen LogP contribution in [0, 0.1) is 12.3 Å². The fraction of sp³-hybridized carbons (Fsp3) is 0.526. The largest absolute Gasteiger partial charge is 0.450 e. The molecular formula is C19H24ClN3O4. The van der Waals surface area contributed by atoms with Crippen molar-refractivity contribution in [1.29, 1.82) is 0 Å². The number of benzene rings is 1. The Bertz CT molecular complexity index is 755. The summed E-state index contributed by atoms with van der Waals surface area (Å²) in [6.45, 7) is 5.60. The maximum atomic E-state index is 13.0. The van der Waals surface area contributed by atoms with Crippen LogP contribution in [0.2, 0.25) is 5.02 Å². The minimum absolute atomic E-state index is 0.164. The number of hydrogen-bond acceptors (Lipinski definition) is 4. The van der Waals surface area contributed by atoms with Crippen LogP contribution in [-0.4, -0.2) is 60.5 Å². The number of nitrogens with zero attached hydrogens (tertiary/aromatic N) is 2. The molecule has 1 saturated carbocycles. The van der Waals surface area contributed by atoms with Crippen LogP contribution in [-0.2, 0) is 14.3 Å². The minimum atomic E-state index is -0.999. The summed E-state index contributed by atoms with van der Waals surface area (Å²) in [4.78, 5) is 40.8. The van der Waals surface area contributed by atoms with Crippen molar-refractivity contribution >= 4 is 35.2 Å². The Morgan fingerprint density at radius 3 is 2.37 bits per heavy atom. The van der Waals surface area contributed by atoms with Crippen molar-refractivity contribution in [2.75, 3.05) is 38.1 Å². The molecule has 1 heterocycles. The van der Waals surface area contributed by atoms with Gasteiger partial charge in [0.1, 0.15) is 5.41 Å². The van der Waals surface area contributed by atoms with Crippen LogP contribution in [0.5, 0.6) is 0 Å². The second-order valence-corrected chi connectivity index (χ2v) is 7.41. The third kappa shape index (κ3) is 4.03. The molecule has 0 unspecified atom stereocenters. The predicted molar refractivity (Wildman–Crippen MR) is 102 cm³/mol. The van der Waals surface area contributed by atoms with Gasteiger partial charge in [-0.1, -0.05) is 17.7 Å². The third-order valence-electron chi connectivity index (χ3n) is 5.13. The molecule has 0 radical (unpaired) electrons. The van der Waals surface area contributed by atoms with Gasteiger partial charge in [0.05, 0.1) is 6.61 Å². The number of anilines is 1. The van der Waals surface area contributed by atoms with Crippen LogP contribution < -0.4 is 5.32 Å². The molecule has 0 aromatic heterocycles. The zero-order valence-corrected chi connectivity index (χ0v) is 16.3. The first-order valence-electron chi connectivity index (χ1n) is 9.16. The Morgan fingerprint density at radius 2 is 1.78 bits per heavy atom. The summed E-state index contributed by atoms with van der Waals surface area (Å²) < 4.78 is 4.99. The molecule has 0 spiro atoms. The molecule has 2 aliphatic rings. The second kappa shape index (κ2) is 7.76. The lowest BCUT2D eigenvalue weighted by molar-refractivity contribution is -0.143. The average Bonchev–Trinajstić information content (AvgIpc) is 3.46. The molecule has 7 nitrogen and oxygen atoms in total. The number of halogens is 1. The molecular weight excluding hydrogens is 370 g/mol.